The Morgan fingerprint density at radius 3 is 2.21 bits per heavy atom. The lowest BCUT2D eigenvalue weighted by molar-refractivity contribution is 0.637. The molecule has 3 heteroatoms. The molecule has 0 aliphatic heterocycles. The van der Waals surface area contributed by atoms with Crippen LogP contribution in [0.4, 0.5) is 0 Å². The molecule has 0 unspecified atom stereocenters. The summed E-state index contributed by atoms with van der Waals surface area (Å²) in [6.45, 7) is 8.82. The van der Waals surface area contributed by atoms with Crippen LogP contribution < -0.4 is 0 Å². The third-order valence-electron chi connectivity index (χ3n) is 2.55. The van der Waals surface area contributed by atoms with E-state index >= 15 is 0 Å². The number of nitrogens with zero attached hydrogens (tertiary/aromatic N) is 2. The van der Waals surface area contributed by atoms with Crippen LogP contribution in [-0.4, -0.2) is 15.0 Å². The van der Waals surface area contributed by atoms with Gasteiger partial charge in [0, 0.05) is 24.3 Å². The Labute approximate surface area is 116 Å². The van der Waals surface area contributed by atoms with Crippen molar-refractivity contribution in [2.75, 3.05) is 0 Å². The van der Waals surface area contributed by atoms with E-state index in [1.165, 1.54) is 11.3 Å². The van der Waals surface area contributed by atoms with E-state index in [0.717, 1.165) is 18.8 Å². The Balaban J connectivity index is 0.000000191. The maximum absolute atomic E-state index is 4.04. The molecule has 2 aromatic heterocycles. The normalized spacial score (nSPS) is 10.4. The molecule has 0 amide bonds. The summed E-state index contributed by atoms with van der Waals surface area (Å²) in [5.41, 5.74) is 2.56. The van der Waals surface area contributed by atoms with E-state index in [4.69, 9.17) is 0 Å². The first-order chi connectivity index (χ1) is 9.08. The van der Waals surface area contributed by atoms with Gasteiger partial charge in [0.05, 0.1) is 6.33 Å². The number of imidazole rings is 1. The van der Waals surface area contributed by atoms with Gasteiger partial charge in [-0.1, -0.05) is 33.8 Å². The SMILES string of the molecule is CC(C)Cc1cccnc1.CC(C)Cc1cnc[nH]1. The molecule has 0 fully saturated rings. The number of hydrogen-bond donors (Lipinski definition) is 1. The molecule has 0 atom stereocenters. The topological polar surface area (TPSA) is 41.6 Å². The van der Waals surface area contributed by atoms with Crippen molar-refractivity contribution in [1.29, 1.82) is 0 Å². The minimum atomic E-state index is 0.713. The van der Waals surface area contributed by atoms with Crippen LogP contribution in [0, 0.1) is 11.8 Å². The Morgan fingerprint density at radius 2 is 1.74 bits per heavy atom. The van der Waals surface area contributed by atoms with Gasteiger partial charge in [-0.2, -0.15) is 0 Å². The van der Waals surface area contributed by atoms with Gasteiger partial charge in [0.1, 0.15) is 0 Å². The molecule has 0 saturated carbocycles. The molecule has 0 saturated heterocycles. The Bertz CT molecular complexity index is 419. The summed E-state index contributed by atoms with van der Waals surface area (Å²) >= 11 is 0. The number of nitrogens with one attached hydrogen (secondary N) is 1. The Morgan fingerprint density at radius 1 is 1.00 bits per heavy atom. The van der Waals surface area contributed by atoms with Gasteiger partial charge in [-0.05, 0) is 36.3 Å². The lowest BCUT2D eigenvalue weighted by atomic mass is 10.1. The van der Waals surface area contributed by atoms with Gasteiger partial charge < -0.3 is 4.98 Å². The summed E-state index contributed by atoms with van der Waals surface area (Å²) < 4.78 is 0. The Hall–Kier alpha value is -1.64. The Kier molecular flexibility index (Phi) is 6.86. The van der Waals surface area contributed by atoms with Crippen LogP contribution >= 0.6 is 0 Å². The van der Waals surface area contributed by atoms with E-state index in [1.54, 1.807) is 6.33 Å². The molecule has 19 heavy (non-hydrogen) atoms. The molecule has 2 aromatic rings. The fraction of sp³-hybridized carbons (Fsp3) is 0.500. The summed E-state index contributed by atoms with van der Waals surface area (Å²) in [6.07, 6.45) is 9.56. The average molecular weight is 259 g/mol. The maximum Gasteiger partial charge on any atom is 0.0921 e. The molecular weight excluding hydrogens is 234 g/mol. The predicted octanol–water partition coefficient (Wildman–Crippen LogP) is 3.89. The van der Waals surface area contributed by atoms with E-state index in [1.807, 2.05) is 24.7 Å². The molecule has 2 rings (SSSR count). The van der Waals surface area contributed by atoms with Crippen molar-refractivity contribution in [2.45, 2.75) is 40.5 Å². The van der Waals surface area contributed by atoms with Crippen molar-refractivity contribution < 1.29 is 0 Å². The lowest BCUT2D eigenvalue weighted by Crippen LogP contribution is -1.93. The lowest BCUT2D eigenvalue weighted by Gasteiger charge is -2.01. The minimum absolute atomic E-state index is 0.713. The largest absolute Gasteiger partial charge is 0.348 e. The van der Waals surface area contributed by atoms with Crippen LogP contribution in [0.1, 0.15) is 39.0 Å². The van der Waals surface area contributed by atoms with Gasteiger partial charge in [0.25, 0.3) is 0 Å². The van der Waals surface area contributed by atoms with Crippen molar-refractivity contribution in [3.63, 3.8) is 0 Å². The average Bonchev–Trinajstić information content (AvgIpc) is 2.82. The van der Waals surface area contributed by atoms with Gasteiger partial charge in [0.2, 0.25) is 0 Å². The first-order valence-corrected chi connectivity index (χ1v) is 6.94. The maximum atomic E-state index is 4.04. The number of hydrogen-bond acceptors (Lipinski definition) is 2. The molecule has 0 aliphatic rings. The van der Waals surface area contributed by atoms with Gasteiger partial charge in [-0.25, -0.2) is 4.98 Å². The second kappa shape index (κ2) is 8.46. The summed E-state index contributed by atoms with van der Waals surface area (Å²) in [6, 6.07) is 4.10. The molecule has 3 nitrogen and oxygen atoms in total. The summed E-state index contributed by atoms with van der Waals surface area (Å²) in [5, 5.41) is 0. The first-order valence-electron chi connectivity index (χ1n) is 6.94. The van der Waals surface area contributed by atoms with Gasteiger partial charge in [-0.15, -0.1) is 0 Å². The number of aromatic amines is 1. The molecule has 0 bridgehead atoms. The van der Waals surface area contributed by atoms with E-state index < -0.39 is 0 Å². The number of pyridine rings is 1. The third-order valence-corrected chi connectivity index (χ3v) is 2.55. The van der Waals surface area contributed by atoms with Crippen molar-refractivity contribution in [2.24, 2.45) is 11.8 Å². The quantitative estimate of drug-likeness (QED) is 0.905. The second-order valence-electron chi connectivity index (χ2n) is 5.63. The van der Waals surface area contributed by atoms with E-state index in [-0.39, 0.29) is 0 Å². The van der Waals surface area contributed by atoms with E-state index in [0.29, 0.717) is 5.92 Å². The molecule has 104 valence electrons. The molecular formula is C16H25N3. The summed E-state index contributed by atoms with van der Waals surface area (Å²) in [5.74, 6) is 1.44. The molecule has 0 radical (unpaired) electrons. The third kappa shape index (κ3) is 7.39. The zero-order chi connectivity index (χ0) is 14.1. The fourth-order valence-corrected chi connectivity index (χ4v) is 1.83. The zero-order valence-corrected chi connectivity index (χ0v) is 12.4. The standard InChI is InChI=1S/C9H13N.C7H12N2/c1-8(2)6-9-4-3-5-10-7-9;1-6(2)3-7-4-8-5-9-7/h3-5,7-8H,6H2,1-2H3;4-6H,3H2,1-2H3,(H,8,9). The monoisotopic (exact) mass is 259 g/mol. The first kappa shape index (κ1) is 15.4. The highest BCUT2D eigenvalue weighted by Crippen LogP contribution is 2.04. The van der Waals surface area contributed by atoms with Gasteiger partial charge in [0.15, 0.2) is 0 Å². The van der Waals surface area contributed by atoms with Crippen LogP contribution in [0.15, 0.2) is 37.1 Å². The van der Waals surface area contributed by atoms with E-state index in [9.17, 15) is 0 Å². The second-order valence-corrected chi connectivity index (χ2v) is 5.63. The molecule has 2 heterocycles. The highest BCUT2D eigenvalue weighted by atomic mass is 14.9. The van der Waals surface area contributed by atoms with Gasteiger partial charge >= 0.3 is 0 Å². The minimum Gasteiger partial charge on any atom is -0.348 e. The predicted molar refractivity (Wildman–Crippen MR) is 79.9 cm³/mol. The smallest absolute Gasteiger partial charge is 0.0921 e. The highest BCUT2D eigenvalue weighted by Gasteiger charge is 1.96. The van der Waals surface area contributed by atoms with E-state index in [2.05, 4.69) is 48.7 Å². The van der Waals surface area contributed by atoms with Crippen molar-refractivity contribution >= 4 is 0 Å². The molecule has 0 aromatic carbocycles. The molecule has 0 spiro atoms. The van der Waals surface area contributed by atoms with Crippen LogP contribution in [0.3, 0.4) is 0 Å². The highest BCUT2D eigenvalue weighted by molar-refractivity contribution is 5.08. The van der Waals surface area contributed by atoms with Gasteiger partial charge in [-0.3, -0.25) is 4.98 Å². The number of H-pyrrole nitrogens is 1. The van der Waals surface area contributed by atoms with Crippen LogP contribution in [0.2, 0.25) is 0 Å². The number of rotatable bonds is 4. The van der Waals surface area contributed by atoms with Crippen molar-refractivity contribution in [1.82, 2.24) is 15.0 Å². The zero-order valence-electron chi connectivity index (χ0n) is 12.4. The van der Waals surface area contributed by atoms with Crippen molar-refractivity contribution in [3.05, 3.63) is 48.3 Å². The molecule has 1 N–H and O–H groups in total. The fourth-order valence-electron chi connectivity index (χ4n) is 1.83. The van der Waals surface area contributed by atoms with Crippen LogP contribution in [-0.2, 0) is 12.8 Å². The molecule has 0 aliphatic carbocycles. The van der Waals surface area contributed by atoms with Crippen molar-refractivity contribution in [3.8, 4) is 0 Å². The number of aromatic nitrogens is 3. The summed E-state index contributed by atoms with van der Waals surface area (Å²) in [7, 11) is 0. The van der Waals surface area contributed by atoms with Crippen LogP contribution in [0.25, 0.3) is 0 Å². The van der Waals surface area contributed by atoms with Crippen LogP contribution in [0.5, 0.6) is 0 Å². The summed E-state index contributed by atoms with van der Waals surface area (Å²) in [4.78, 5) is 11.0.